The lowest BCUT2D eigenvalue weighted by molar-refractivity contribution is -0.145. The molecule has 0 spiro atoms. The van der Waals surface area contributed by atoms with Gasteiger partial charge in [-0.2, -0.15) is 0 Å². The number of carbonyl (C=O) groups is 4. The molecule has 1 aromatic rings. The highest BCUT2D eigenvalue weighted by molar-refractivity contribution is 6.45. The van der Waals surface area contributed by atoms with Crippen molar-refractivity contribution in [2.75, 3.05) is 19.0 Å². The number of carbonyl (C=O) groups excluding carboxylic acids is 4. The molecule has 1 saturated heterocycles. The molecule has 2 atom stereocenters. The summed E-state index contributed by atoms with van der Waals surface area (Å²) in [5, 5.41) is 2.61. The number of anilines is 1. The summed E-state index contributed by atoms with van der Waals surface area (Å²) in [6, 6.07) is 5.66. The Morgan fingerprint density at radius 1 is 1.11 bits per heavy atom. The monoisotopic (exact) mass is 373 g/mol. The molecule has 8 heteroatoms. The fourth-order valence-corrected chi connectivity index (χ4v) is 3.65. The molecule has 5 amide bonds. The Morgan fingerprint density at radius 2 is 1.78 bits per heavy atom. The fraction of sp³-hybridized carbons (Fsp3) is 0.474. The third-order valence-corrected chi connectivity index (χ3v) is 5.16. The molecule has 0 radical (unpaired) electrons. The number of imide groups is 2. The van der Waals surface area contributed by atoms with E-state index in [4.69, 9.17) is 4.74 Å². The van der Waals surface area contributed by atoms with E-state index >= 15 is 0 Å². The van der Waals surface area contributed by atoms with Crippen molar-refractivity contribution < 1.29 is 23.9 Å². The molecule has 2 aliphatic rings. The highest BCUT2D eigenvalue weighted by Gasteiger charge is 2.49. The Kier molecular flexibility index (Phi) is 5.43. The van der Waals surface area contributed by atoms with Gasteiger partial charge in [0, 0.05) is 11.7 Å². The lowest BCUT2D eigenvalue weighted by atomic mass is 9.85. The van der Waals surface area contributed by atoms with Crippen molar-refractivity contribution in [3.8, 4) is 5.75 Å². The van der Waals surface area contributed by atoms with Gasteiger partial charge in [-0.15, -0.1) is 0 Å². The van der Waals surface area contributed by atoms with Gasteiger partial charge >= 0.3 is 17.8 Å². The number of benzene rings is 1. The van der Waals surface area contributed by atoms with Gasteiger partial charge in [0.05, 0.1) is 7.11 Å². The molecule has 2 fully saturated rings. The zero-order chi connectivity index (χ0) is 19.6. The molecule has 1 saturated carbocycles. The Morgan fingerprint density at radius 3 is 2.41 bits per heavy atom. The van der Waals surface area contributed by atoms with E-state index in [1.54, 1.807) is 24.3 Å². The lowest BCUT2D eigenvalue weighted by Crippen LogP contribution is -2.46. The molecular weight excluding hydrogens is 350 g/mol. The van der Waals surface area contributed by atoms with E-state index in [2.05, 4.69) is 5.32 Å². The lowest BCUT2D eigenvalue weighted by Gasteiger charge is -2.34. The first-order valence-corrected chi connectivity index (χ1v) is 9.05. The van der Waals surface area contributed by atoms with Crippen LogP contribution in [0.25, 0.3) is 0 Å². The van der Waals surface area contributed by atoms with Crippen molar-refractivity contribution in [1.29, 1.82) is 0 Å². The minimum absolute atomic E-state index is 0.146. The maximum atomic E-state index is 12.7. The molecule has 1 aliphatic heterocycles. The van der Waals surface area contributed by atoms with Crippen molar-refractivity contribution in [1.82, 2.24) is 9.80 Å². The van der Waals surface area contributed by atoms with Gasteiger partial charge in [0.25, 0.3) is 0 Å². The van der Waals surface area contributed by atoms with Gasteiger partial charge in [0.1, 0.15) is 12.3 Å². The summed E-state index contributed by atoms with van der Waals surface area (Å²) in [4.78, 5) is 51.3. The normalized spacial score (nSPS) is 23.0. The zero-order valence-electron chi connectivity index (χ0n) is 15.4. The maximum absolute atomic E-state index is 12.7. The molecule has 1 aliphatic carbocycles. The van der Waals surface area contributed by atoms with Crippen LogP contribution in [-0.4, -0.2) is 53.2 Å². The van der Waals surface area contributed by atoms with Crippen LogP contribution in [-0.2, 0) is 14.4 Å². The predicted octanol–water partition coefficient (Wildman–Crippen LogP) is 2.00. The average Bonchev–Trinajstić information content (AvgIpc) is 2.86. The molecule has 1 aromatic carbocycles. The third-order valence-electron chi connectivity index (χ3n) is 5.16. The molecule has 0 unspecified atom stereocenters. The number of nitrogens with zero attached hydrogens (tertiary/aromatic N) is 2. The quantitative estimate of drug-likeness (QED) is 0.629. The van der Waals surface area contributed by atoms with Crippen molar-refractivity contribution >= 4 is 29.4 Å². The molecule has 144 valence electrons. The third kappa shape index (κ3) is 3.79. The Hall–Kier alpha value is -2.90. The summed E-state index contributed by atoms with van der Waals surface area (Å²) >= 11 is 0. The topological polar surface area (TPSA) is 96.0 Å². The maximum Gasteiger partial charge on any atom is 0.334 e. The van der Waals surface area contributed by atoms with Crippen LogP contribution in [0.1, 0.15) is 32.6 Å². The van der Waals surface area contributed by atoms with Crippen molar-refractivity contribution in [3.05, 3.63) is 24.3 Å². The molecule has 1 N–H and O–H groups in total. The van der Waals surface area contributed by atoms with E-state index in [0.29, 0.717) is 17.9 Å². The number of ether oxygens (including phenoxy) is 1. The van der Waals surface area contributed by atoms with E-state index in [1.807, 2.05) is 6.92 Å². The second kappa shape index (κ2) is 7.77. The van der Waals surface area contributed by atoms with E-state index in [-0.39, 0.29) is 12.0 Å². The predicted molar refractivity (Wildman–Crippen MR) is 97.0 cm³/mol. The first kappa shape index (κ1) is 18.9. The summed E-state index contributed by atoms with van der Waals surface area (Å²) in [5.41, 5.74) is 0.504. The van der Waals surface area contributed by atoms with Crippen molar-refractivity contribution in [2.24, 2.45) is 5.92 Å². The standard InChI is InChI=1S/C19H23N3O5/c1-12-5-3-4-6-15(12)22-18(25)17(24)21(19(22)26)11-16(23)20-13-7-9-14(27-2)10-8-13/h7-10,12,15H,3-6,11H2,1-2H3,(H,20,23)/t12-,15+/m0/s1. The minimum atomic E-state index is -0.942. The van der Waals surface area contributed by atoms with E-state index < -0.39 is 30.3 Å². The van der Waals surface area contributed by atoms with Gasteiger partial charge in [-0.05, 0) is 43.0 Å². The van der Waals surface area contributed by atoms with E-state index in [0.717, 1.165) is 29.1 Å². The van der Waals surface area contributed by atoms with Crippen molar-refractivity contribution in [3.63, 3.8) is 0 Å². The average molecular weight is 373 g/mol. The number of urea groups is 1. The van der Waals surface area contributed by atoms with Crippen LogP contribution in [0.15, 0.2) is 24.3 Å². The van der Waals surface area contributed by atoms with E-state index in [1.165, 1.54) is 7.11 Å². The summed E-state index contributed by atoms with van der Waals surface area (Å²) < 4.78 is 5.05. The van der Waals surface area contributed by atoms with Crippen LogP contribution in [0, 0.1) is 5.92 Å². The Bertz CT molecular complexity index is 761. The van der Waals surface area contributed by atoms with E-state index in [9.17, 15) is 19.2 Å². The second-order valence-electron chi connectivity index (χ2n) is 6.95. The molecule has 0 aromatic heterocycles. The van der Waals surface area contributed by atoms with Crippen LogP contribution in [0.2, 0.25) is 0 Å². The fourth-order valence-electron chi connectivity index (χ4n) is 3.65. The summed E-state index contributed by atoms with van der Waals surface area (Å²) in [6.45, 7) is 1.49. The molecule has 8 nitrogen and oxygen atoms in total. The zero-order valence-corrected chi connectivity index (χ0v) is 15.4. The smallest absolute Gasteiger partial charge is 0.334 e. The highest BCUT2D eigenvalue weighted by Crippen LogP contribution is 2.31. The van der Waals surface area contributed by atoms with Crippen LogP contribution in [0.3, 0.4) is 0 Å². The summed E-state index contributed by atoms with van der Waals surface area (Å²) in [7, 11) is 1.54. The Balaban J connectivity index is 1.67. The SMILES string of the molecule is COc1ccc(NC(=O)CN2C(=O)C(=O)N([C@@H]3CCCC[C@@H]3C)C2=O)cc1. The molecule has 0 bridgehead atoms. The van der Waals surface area contributed by atoms with Crippen LogP contribution in [0.4, 0.5) is 10.5 Å². The number of rotatable bonds is 5. The van der Waals surface area contributed by atoms with Crippen LogP contribution < -0.4 is 10.1 Å². The Labute approximate surface area is 157 Å². The second-order valence-corrected chi connectivity index (χ2v) is 6.95. The first-order chi connectivity index (χ1) is 12.9. The van der Waals surface area contributed by atoms with Crippen LogP contribution in [0.5, 0.6) is 5.75 Å². The summed E-state index contributed by atoms with van der Waals surface area (Å²) in [6.07, 6.45) is 3.57. The molecule has 3 rings (SSSR count). The van der Waals surface area contributed by atoms with Gasteiger partial charge in [0.2, 0.25) is 5.91 Å². The molecular formula is C19H23N3O5. The number of amides is 5. The number of hydrogen-bond acceptors (Lipinski definition) is 5. The van der Waals surface area contributed by atoms with Crippen molar-refractivity contribution in [2.45, 2.75) is 38.6 Å². The highest BCUT2D eigenvalue weighted by atomic mass is 16.5. The van der Waals surface area contributed by atoms with Crippen LogP contribution >= 0.6 is 0 Å². The number of nitrogens with one attached hydrogen (secondary N) is 1. The molecule has 1 heterocycles. The van der Waals surface area contributed by atoms with Gasteiger partial charge in [0.15, 0.2) is 0 Å². The number of methoxy groups -OCH3 is 1. The van der Waals surface area contributed by atoms with Gasteiger partial charge in [-0.3, -0.25) is 19.3 Å². The van der Waals surface area contributed by atoms with Gasteiger partial charge in [-0.25, -0.2) is 9.69 Å². The molecule has 27 heavy (non-hydrogen) atoms. The largest absolute Gasteiger partial charge is 0.497 e. The summed E-state index contributed by atoms with van der Waals surface area (Å²) in [5.74, 6) is -1.54. The van der Waals surface area contributed by atoms with Gasteiger partial charge in [-0.1, -0.05) is 19.8 Å². The first-order valence-electron chi connectivity index (χ1n) is 9.05. The number of hydrogen-bond donors (Lipinski definition) is 1. The van der Waals surface area contributed by atoms with Gasteiger partial charge < -0.3 is 10.1 Å². The minimum Gasteiger partial charge on any atom is -0.497 e.